The average molecular weight is 248 g/mol. The molecule has 0 radical (unpaired) electrons. The summed E-state index contributed by atoms with van der Waals surface area (Å²) in [6.45, 7) is 1.28. The van der Waals surface area contributed by atoms with Gasteiger partial charge in [0.1, 0.15) is 0 Å². The standard InChI is InChI=1S/C13H16N2O3/c16-9-15-12-6-2-1-5-11(12)13(17)14-8-10-4-3-7-18-10/h1-2,5-6,9-10H,3-4,7-8H2,(H,14,17)(H,15,16). The summed E-state index contributed by atoms with van der Waals surface area (Å²) in [5.74, 6) is -0.199. The molecule has 1 aliphatic heterocycles. The minimum Gasteiger partial charge on any atom is -0.376 e. The molecule has 0 spiro atoms. The number of hydrogen-bond acceptors (Lipinski definition) is 3. The fourth-order valence-corrected chi connectivity index (χ4v) is 1.98. The molecule has 0 aromatic heterocycles. The Balaban J connectivity index is 1.96. The SMILES string of the molecule is O=CNc1ccccc1C(=O)NCC1CCCO1. The Bertz CT molecular complexity index is 428. The van der Waals surface area contributed by atoms with Gasteiger partial charge in [0.25, 0.3) is 5.91 Å². The predicted octanol–water partition coefficient (Wildman–Crippen LogP) is 1.16. The highest BCUT2D eigenvalue weighted by Crippen LogP contribution is 2.15. The summed E-state index contributed by atoms with van der Waals surface area (Å²) in [5, 5.41) is 5.33. The van der Waals surface area contributed by atoms with Crippen LogP contribution in [0.3, 0.4) is 0 Å². The van der Waals surface area contributed by atoms with Crippen LogP contribution in [0.5, 0.6) is 0 Å². The molecule has 0 bridgehead atoms. The number of amides is 2. The number of carbonyl (C=O) groups excluding carboxylic acids is 2. The van der Waals surface area contributed by atoms with Crippen molar-refractivity contribution in [1.82, 2.24) is 5.32 Å². The van der Waals surface area contributed by atoms with Crippen molar-refractivity contribution in [2.45, 2.75) is 18.9 Å². The Morgan fingerprint density at radius 3 is 3.00 bits per heavy atom. The van der Waals surface area contributed by atoms with Gasteiger partial charge in [0.05, 0.1) is 17.4 Å². The van der Waals surface area contributed by atoms with Crippen molar-refractivity contribution < 1.29 is 14.3 Å². The molecular formula is C13H16N2O3. The van der Waals surface area contributed by atoms with Crippen molar-refractivity contribution >= 4 is 18.0 Å². The van der Waals surface area contributed by atoms with Crippen molar-refractivity contribution in [3.05, 3.63) is 29.8 Å². The van der Waals surface area contributed by atoms with E-state index in [2.05, 4.69) is 10.6 Å². The van der Waals surface area contributed by atoms with Gasteiger partial charge in [-0.25, -0.2) is 0 Å². The molecule has 2 amide bonds. The molecule has 96 valence electrons. The molecule has 1 aliphatic rings. The predicted molar refractivity (Wildman–Crippen MR) is 67.4 cm³/mol. The van der Waals surface area contributed by atoms with Crippen molar-refractivity contribution in [2.75, 3.05) is 18.5 Å². The number of carbonyl (C=O) groups is 2. The van der Waals surface area contributed by atoms with Crippen LogP contribution in [0.25, 0.3) is 0 Å². The lowest BCUT2D eigenvalue weighted by Gasteiger charge is -2.12. The second-order valence-electron chi connectivity index (χ2n) is 4.15. The molecule has 0 aliphatic carbocycles. The fourth-order valence-electron chi connectivity index (χ4n) is 1.98. The van der Waals surface area contributed by atoms with Crippen LogP contribution in [0.2, 0.25) is 0 Å². The van der Waals surface area contributed by atoms with Crippen LogP contribution in [0.1, 0.15) is 23.2 Å². The molecule has 5 nitrogen and oxygen atoms in total. The highest BCUT2D eigenvalue weighted by molar-refractivity contribution is 6.01. The van der Waals surface area contributed by atoms with Crippen LogP contribution in [0.4, 0.5) is 5.69 Å². The number of hydrogen-bond donors (Lipinski definition) is 2. The van der Waals surface area contributed by atoms with E-state index in [1.807, 2.05) is 0 Å². The van der Waals surface area contributed by atoms with Crippen LogP contribution in [-0.2, 0) is 9.53 Å². The molecule has 5 heteroatoms. The zero-order valence-electron chi connectivity index (χ0n) is 10.0. The van der Waals surface area contributed by atoms with E-state index < -0.39 is 0 Å². The molecule has 1 heterocycles. The Labute approximate surface area is 106 Å². The number of benzene rings is 1. The Kier molecular flexibility index (Phi) is 4.30. The first-order valence-electron chi connectivity index (χ1n) is 6.00. The molecule has 1 saturated heterocycles. The van der Waals surface area contributed by atoms with Crippen molar-refractivity contribution in [3.63, 3.8) is 0 Å². The van der Waals surface area contributed by atoms with Gasteiger partial charge in [-0.05, 0) is 25.0 Å². The lowest BCUT2D eigenvalue weighted by molar-refractivity contribution is -0.105. The maximum Gasteiger partial charge on any atom is 0.253 e. The van der Waals surface area contributed by atoms with Crippen LogP contribution in [0, 0.1) is 0 Å². The van der Waals surface area contributed by atoms with Crippen molar-refractivity contribution in [2.24, 2.45) is 0 Å². The first-order valence-corrected chi connectivity index (χ1v) is 6.00. The first kappa shape index (κ1) is 12.6. The number of para-hydroxylation sites is 1. The minimum absolute atomic E-state index is 0.111. The second kappa shape index (κ2) is 6.16. The third kappa shape index (κ3) is 3.07. The number of anilines is 1. The van der Waals surface area contributed by atoms with Gasteiger partial charge in [-0.15, -0.1) is 0 Å². The largest absolute Gasteiger partial charge is 0.376 e. The number of nitrogens with one attached hydrogen (secondary N) is 2. The summed E-state index contributed by atoms with van der Waals surface area (Å²) >= 11 is 0. The minimum atomic E-state index is -0.199. The van der Waals surface area contributed by atoms with E-state index in [0.29, 0.717) is 24.2 Å². The lowest BCUT2D eigenvalue weighted by Crippen LogP contribution is -2.32. The van der Waals surface area contributed by atoms with Gasteiger partial charge < -0.3 is 15.4 Å². The molecule has 2 rings (SSSR count). The number of ether oxygens (including phenoxy) is 1. The zero-order chi connectivity index (χ0) is 12.8. The van der Waals surface area contributed by atoms with Gasteiger partial charge in [-0.3, -0.25) is 9.59 Å². The first-order chi connectivity index (χ1) is 8.81. The van der Waals surface area contributed by atoms with Gasteiger partial charge in [0, 0.05) is 13.2 Å². The van der Waals surface area contributed by atoms with E-state index in [1.165, 1.54) is 0 Å². The second-order valence-corrected chi connectivity index (χ2v) is 4.15. The molecule has 1 atom stereocenters. The lowest BCUT2D eigenvalue weighted by atomic mass is 10.1. The van der Waals surface area contributed by atoms with E-state index in [1.54, 1.807) is 24.3 Å². The van der Waals surface area contributed by atoms with E-state index in [9.17, 15) is 9.59 Å². The van der Waals surface area contributed by atoms with Gasteiger partial charge in [-0.1, -0.05) is 12.1 Å². The molecule has 1 unspecified atom stereocenters. The number of rotatable bonds is 5. The summed E-state index contributed by atoms with van der Waals surface area (Å²) < 4.78 is 5.43. The highest BCUT2D eigenvalue weighted by Gasteiger charge is 2.17. The summed E-state index contributed by atoms with van der Waals surface area (Å²) in [7, 11) is 0. The molecule has 18 heavy (non-hydrogen) atoms. The average Bonchev–Trinajstić information content (AvgIpc) is 2.90. The molecular weight excluding hydrogens is 232 g/mol. The normalized spacial score (nSPS) is 18.3. The zero-order valence-corrected chi connectivity index (χ0v) is 10.0. The quantitative estimate of drug-likeness (QED) is 0.768. The molecule has 1 aromatic rings. The molecule has 1 fully saturated rings. The molecule has 0 saturated carbocycles. The van der Waals surface area contributed by atoms with Crippen LogP contribution in [-0.4, -0.2) is 31.6 Å². The van der Waals surface area contributed by atoms with Crippen LogP contribution in [0.15, 0.2) is 24.3 Å². The molecule has 2 N–H and O–H groups in total. The third-order valence-corrected chi connectivity index (χ3v) is 2.90. The van der Waals surface area contributed by atoms with Crippen molar-refractivity contribution in [3.8, 4) is 0 Å². The highest BCUT2D eigenvalue weighted by atomic mass is 16.5. The van der Waals surface area contributed by atoms with E-state index in [4.69, 9.17) is 4.74 Å². The maximum atomic E-state index is 12.0. The monoisotopic (exact) mass is 248 g/mol. The summed E-state index contributed by atoms with van der Waals surface area (Å²) in [5.41, 5.74) is 0.972. The van der Waals surface area contributed by atoms with Gasteiger partial charge in [-0.2, -0.15) is 0 Å². The third-order valence-electron chi connectivity index (χ3n) is 2.90. The fraction of sp³-hybridized carbons (Fsp3) is 0.385. The molecule has 1 aromatic carbocycles. The van der Waals surface area contributed by atoms with Gasteiger partial charge in [0.2, 0.25) is 6.41 Å². The van der Waals surface area contributed by atoms with Crippen LogP contribution < -0.4 is 10.6 Å². The summed E-state index contributed by atoms with van der Waals surface area (Å²) in [6.07, 6.45) is 2.70. The van der Waals surface area contributed by atoms with E-state index >= 15 is 0 Å². The Hall–Kier alpha value is -1.88. The van der Waals surface area contributed by atoms with Gasteiger partial charge >= 0.3 is 0 Å². The van der Waals surface area contributed by atoms with E-state index in [0.717, 1.165) is 19.4 Å². The Morgan fingerprint density at radius 1 is 1.44 bits per heavy atom. The Morgan fingerprint density at radius 2 is 2.28 bits per heavy atom. The maximum absolute atomic E-state index is 12.0. The van der Waals surface area contributed by atoms with Crippen molar-refractivity contribution in [1.29, 1.82) is 0 Å². The summed E-state index contributed by atoms with van der Waals surface area (Å²) in [6, 6.07) is 6.89. The van der Waals surface area contributed by atoms with Gasteiger partial charge in [0.15, 0.2) is 0 Å². The van der Waals surface area contributed by atoms with E-state index in [-0.39, 0.29) is 12.0 Å². The summed E-state index contributed by atoms with van der Waals surface area (Å²) in [4.78, 5) is 22.4. The topological polar surface area (TPSA) is 67.4 Å². The van der Waals surface area contributed by atoms with Crippen LogP contribution >= 0.6 is 0 Å². The smallest absolute Gasteiger partial charge is 0.253 e.